The van der Waals surface area contributed by atoms with E-state index in [0.717, 1.165) is 38.9 Å². The van der Waals surface area contributed by atoms with Gasteiger partial charge in [0.2, 0.25) is 5.91 Å². The van der Waals surface area contributed by atoms with E-state index in [2.05, 4.69) is 5.32 Å². The van der Waals surface area contributed by atoms with Gasteiger partial charge in [-0.1, -0.05) is 47.5 Å². The lowest BCUT2D eigenvalue weighted by Crippen LogP contribution is -2.36. The van der Waals surface area contributed by atoms with E-state index in [-0.39, 0.29) is 18.1 Å². The zero-order valence-electron chi connectivity index (χ0n) is 19.5. The number of hydrogen-bond donors (Lipinski definition) is 1. The highest BCUT2D eigenvalue weighted by Crippen LogP contribution is 2.32. The predicted molar refractivity (Wildman–Crippen MR) is 144 cm³/mol. The Balaban J connectivity index is 1.36. The highest BCUT2D eigenvalue weighted by Gasteiger charge is 2.36. The molecular weight excluding hydrogens is 519 g/mol. The summed E-state index contributed by atoms with van der Waals surface area (Å²) < 4.78 is 5.77. The molecule has 0 spiro atoms. The number of hydrogen-bond acceptors (Lipinski definition) is 5. The van der Waals surface area contributed by atoms with Crippen LogP contribution in [0.4, 0.5) is 10.5 Å². The number of aryl methyl sites for hydroxylation is 2. The van der Waals surface area contributed by atoms with Gasteiger partial charge in [0.1, 0.15) is 18.9 Å². The fourth-order valence-electron chi connectivity index (χ4n) is 3.41. The van der Waals surface area contributed by atoms with E-state index in [0.29, 0.717) is 21.5 Å². The molecule has 0 bridgehead atoms. The maximum absolute atomic E-state index is 12.8. The number of benzene rings is 3. The van der Waals surface area contributed by atoms with Gasteiger partial charge in [-0.05, 0) is 84.8 Å². The van der Waals surface area contributed by atoms with Crippen molar-refractivity contribution in [2.75, 3.05) is 11.9 Å². The highest BCUT2D eigenvalue weighted by atomic mass is 35.5. The minimum Gasteiger partial charge on any atom is -0.489 e. The Bertz CT molecular complexity index is 1370. The average molecular weight is 541 g/mol. The van der Waals surface area contributed by atoms with E-state index < -0.39 is 17.1 Å². The fraction of sp³-hybridized carbons (Fsp3) is 0.148. The van der Waals surface area contributed by atoms with Gasteiger partial charge in [0, 0.05) is 21.3 Å². The largest absolute Gasteiger partial charge is 0.489 e. The zero-order chi connectivity index (χ0) is 25.8. The molecule has 0 radical (unpaired) electrons. The number of imide groups is 1. The first-order valence-corrected chi connectivity index (χ1v) is 12.6. The van der Waals surface area contributed by atoms with Crippen LogP contribution in [0.25, 0.3) is 6.08 Å². The van der Waals surface area contributed by atoms with Crippen molar-refractivity contribution in [2.45, 2.75) is 20.5 Å². The SMILES string of the molecule is Cc1ccc(NC(=O)CN2C(=O)S/C(=C/c3ccc(OCc4ccc(Cl)cc4Cl)cc3)C2=O)cc1C. The first-order chi connectivity index (χ1) is 17.2. The van der Waals surface area contributed by atoms with Gasteiger partial charge in [0.25, 0.3) is 11.1 Å². The van der Waals surface area contributed by atoms with Gasteiger partial charge in [-0.25, -0.2) is 0 Å². The lowest BCUT2D eigenvalue weighted by Gasteiger charge is -2.13. The molecule has 3 aromatic carbocycles. The summed E-state index contributed by atoms with van der Waals surface area (Å²) in [6.45, 7) is 3.85. The smallest absolute Gasteiger partial charge is 0.294 e. The second kappa shape index (κ2) is 11.2. The van der Waals surface area contributed by atoms with Gasteiger partial charge in [-0.15, -0.1) is 0 Å². The molecule has 4 rings (SSSR count). The van der Waals surface area contributed by atoms with E-state index in [1.54, 1.807) is 54.6 Å². The first-order valence-electron chi connectivity index (χ1n) is 11.0. The molecule has 1 aliphatic heterocycles. The Hall–Kier alpha value is -3.26. The van der Waals surface area contributed by atoms with Crippen LogP contribution in [-0.4, -0.2) is 28.5 Å². The Morgan fingerprint density at radius 1 is 1.00 bits per heavy atom. The maximum atomic E-state index is 12.8. The van der Waals surface area contributed by atoms with Crippen molar-refractivity contribution in [1.29, 1.82) is 0 Å². The van der Waals surface area contributed by atoms with Crippen molar-refractivity contribution in [2.24, 2.45) is 0 Å². The first kappa shape index (κ1) is 25.8. The molecule has 1 saturated heterocycles. The van der Waals surface area contributed by atoms with Crippen LogP contribution >= 0.6 is 35.0 Å². The lowest BCUT2D eigenvalue weighted by molar-refractivity contribution is -0.127. The Morgan fingerprint density at radius 3 is 2.44 bits per heavy atom. The number of carbonyl (C=O) groups excluding carboxylic acids is 3. The third-order valence-corrected chi connectivity index (χ3v) is 7.05. The average Bonchev–Trinajstić information content (AvgIpc) is 3.09. The van der Waals surface area contributed by atoms with E-state index in [4.69, 9.17) is 27.9 Å². The van der Waals surface area contributed by atoms with Crippen molar-refractivity contribution >= 4 is 63.8 Å². The number of anilines is 1. The molecule has 1 fully saturated rings. The highest BCUT2D eigenvalue weighted by molar-refractivity contribution is 8.18. The fourth-order valence-corrected chi connectivity index (χ4v) is 4.71. The molecule has 0 unspecified atom stereocenters. The summed E-state index contributed by atoms with van der Waals surface area (Å²) in [6, 6.07) is 17.8. The number of halogens is 2. The number of carbonyl (C=O) groups is 3. The lowest BCUT2D eigenvalue weighted by atomic mass is 10.1. The second-order valence-electron chi connectivity index (χ2n) is 8.21. The van der Waals surface area contributed by atoms with Crippen LogP contribution in [0.5, 0.6) is 5.75 Å². The molecule has 1 aliphatic rings. The molecule has 0 atom stereocenters. The van der Waals surface area contributed by atoms with Gasteiger partial charge in [0.15, 0.2) is 0 Å². The molecule has 0 saturated carbocycles. The molecular formula is C27H22Cl2N2O4S. The molecule has 1 heterocycles. The normalized spacial score (nSPS) is 14.4. The molecule has 0 aromatic heterocycles. The zero-order valence-corrected chi connectivity index (χ0v) is 21.8. The molecule has 184 valence electrons. The van der Waals surface area contributed by atoms with Crippen molar-refractivity contribution in [3.05, 3.63) is 97.9 Å². The third-order valence-electron chi connectivity index (χ3n) is 5.55. The number of ether oxygens (including phenoxy) is 1. The molecule has 6 nitrogen and oxygen atoms in total. The van der Waals surface area contributed by atoms with Crippen LogP contribution in [0.15, 0.2) is 65.6 Å². The molecule has 0 aliphatic carbocycles. The summed E-state index contributed by atoms with van der Waals surface area (Å²) in [5.41, 5.74) is 4.28. The predicted octanol–water partition coefficient (Wildman–Crippen LogP) is 6.86. The summed E-state index contributed by atoms with van der Waals surface area (Å²) >= 11 is 12.9. The summed E-state index contributed by atoms with van der Waals surface area (Å²) in [5, 5.41) is 3.33. The topological polar surface area (TPSA) is 75.7 Å². The Labute approximate surface area is 223 Å². The third kappa shape index (κ3) is 6.29. The van der Waals surface area contributed by atoms with Crippen LogP contribution in [0.2, 0.25) is 10.0 Å². The molecule has 36 heavy (non-hydrogen) atoms. The minimum atomic E-state index is -0.502. The van der Waals surface area contributed by atoms with Crippen molar-refractivity contribution in [3.63, 3.8) is 0 Å². The van der Waals surface area contributed by atoms with Gasteiger partial charge in [-0.2, -0.15) is 0 Å². The Morgan fingerprint density at radius 2 is 1.75 bits per heavy atom. The molecule has 9 heteroatoms. The van der Waals surface area contributed by atoms with E-state index >= 15 is 0 Å². The molecule has 3 amide bonds. The van der Waals surface area contributed by atoms with E-state index in [1.165, 1.54) is 0 Å². The van der Waals surface area contributed by atoms with Crippen LogP contribution in [0.1, 0.15) is 22.3 Å². The van der Waals surface area contributed by atoms with Gasteiger partial charge < -0.3 is 10.1 Å². The Kier molecular flexibility index (Phi) is 8.04. The summed E-state index contributed by atoms with van der Waals surface area (Å²) in [6.07, 6.45) is 1.62. The summed E-state index contributed by atoms with van der Waals surface area (Å²) in [4.78, 5) is 38.8. The minimum absolute atomic E-state index is 0.251. The monoisotopic (exact) mass is 540 g/mol. The summed E-state index contributed by atoms with van der Waals surface area (Å²) in [7, 11) is 0. The number of thioether (sulfide) groups is 1. The van der Waals surface area contributed by atoms with Crippen LogP contribution < -0.4 is 10.1 Å². The maximum Gasteiger partial charge on any atom is 0.294 e. The molecule has 1 N–H and O–H groups in total. The van der Waals surface area contributed by atoms with Gasteiger partial charge in [-0.3, -0.25) is 19.3 Å². The van der Waals surface area contributed by atoms with E-state index in [1.807, 2.05) is 26.0 Å². The van der Waals surface area contributed by atoms with Gasteiger partial charge in [0.05, 0.1) is 4.91 Å². The molecule has 3 aromatic rings. The standard InChI is InChI=1S/C27H22Cl2N2O4S/c1-16-3-8-21(11-17(16)2)30-25(32)14-31-26(33)24(36-27(31)34)12-18-4-9-22(10-5-18)35-15-19-6-7-20(28)13-23(19)29/h3-13H,14-15H2,1-2H3,(H,30,32)/b24-12+. The van der Waals surface area contributed by atoms with Gasteiger partial charge >= 0.3 is 0 Å². The van der Waals surface area contributed by atoms with Crippen molar-refractivity contribution in [1.82, 2.24) is 4.90 Å². The van der Waals surface area contributed by atoms with Crippen LogP contribution in [0, 0.1) is 13.8 Å². The number of nitrogens with zero attached hydrogens (tertiary/aromatic N) is 1. The van der Waals surface area contributed by atoms with Crippen molar-refractivity contribution < 1.29 is 19.1 Å². The summed E-state index contributed by atoms with van der Waals surface area (Å²) in [5.74, 6) is -0.323. The quantitative estimate of drug-likeness (QED) is 0.331. The number of amides is 3. The number of nitrogens with one attached hydrogen (secondary N) is 1. The second-order valence-corrected chi connectivity index (χ2v) is 10.0. The van der Waals surface area contributed by atoms with E-state index in [9.17, 15) is 14.4 Å². The number of rotatable bonds is 7. The van der Waals surface area contributed by atoms with Crippen molar-refractivity contribution in [3.8, 4) is 5.75 Å². The van der Waals surface area contributed by atoms with Crippen LogP contribution in [0.3, 0.4) is 0 Å². The van der Waals surface area contributed by atoms with Crippen LogP contribution in [-0.2, 0) is 16.2 Å².